The Bertz CT molecular complexity index is 1090. The fourth-order valence-electron chi connectivity index (χ4n) is 5.61. The van der Waals surface area contributed by atoms with Crippen LogP contribution in [0.4, 0.5) is 10.5 Å². The molecule has 8 heteroatoms. The second-order valence-corrected chi connectivity index (χ2v) is 11.2. The number of hydrogen-bond donors (Lipinski definition) is 4. The van der Waals surface area contributed by atoms with Gasteiger partial charge >= 0.3 is 21.5 Å². The van der Waals surface area contributed by atoms with Crippen LogP contribution in [0.15, 0.2) is 21.6 Å². The Hall–Kier alpha value is -2.16. The van der Waals surface area contributed by atoms with Gasteiger partial charge in [-0.05, 0) is 84.3 Å². The third-order valence-electron chi connectivity index (χ3n) is 6.86. The van der Waals surface area contributed by atoms with E-state index in [1.54, 1.807) is 6.92 Å². The third-order valence-corrected chi connectivity index (χ3v) is 8.07. The molecule has 7 nitrogen and oxygen atoms in total. The molecule has 0 spiro atoms. The lowest BCUT2D eigenvalue weighted by Crippen LogP contribution is -2.38. The number of amides is 2. The van der Waals surface area contributed by atoms with E-state index in [2.05, 4.69) is 16.1 Å². The monoisotopic (exact) mass is 445 g/mol. The molecule has 1 aromatic carbocycles. The van der Waals surface area contributed by atoms with Gasteiger partial charge in [-0.1, -0.05) is 13.0 Å². The van der Waals surface area contributed by atoms with E-state index in [0.717, 1.165) is 55.3 Å². The predicted molar refractivity (Wildman–Crippen MR) is 117 cm³/mol. The third kappa shape index (κ3) is 3.60. The number of fused-ring (bicyclic) bond motifs is 3. The molecule has 0 aliphatic heterocycles. The normalized spacial score (nSPS) is 26.0. The summed E-state index contributed by atoms with van der Waals surface area (Å²) in [4.78, 5) is 12.8. The highest BCUT2D eigenvalue weighted by atomic mass is 32.3. The van der Waals surface area contributed by atoms with Crippen molar-refractivity contribution < 1.29 is 23.1 Å². The van der Waals surface area contributed by atoms with Gasteiger partial charge in [0.25, 0.3) is 0 Å². The Balaban J connectivity index is 1.39. The molecule has 5 rings (SSSR count). The summed E-state index contributed by atoms with van der Waals surface area (Å²) >= 11 is 0. The lowest BCUT2D eigenvalue weighted by Gasteiger charge is -2.31. The van der Waals surface area contributed by atoms with E-state index in [9.17, 15) is 18.7 Å². The van der Waals surface area contributed by atoms with Crippen LogP contribution < -0.4 is 10.0 Å². The van der Waals surface area contributed by atoms with Crippen molar-refractivity contribution in [3.8, 4) is 0 Å². The van der Waals surface area contributed by atoms with Crippen LogP contribution in [-0.4, -0.2) is 15.7 Å². The first-order valence-corrected chi connectivity index (χ1v) is 12.5. The van der Waals surface area contributed by atoms with Gasteiger partial charge in [0.15, 0.2) is 0 Å². The maximum Gasteiger partial charge on any atom is 0.387 e. The number of hydrogen-bond acceptors (Lipinski definition) is 4. The molecule has 2 amide bonds. The van der Waals surface area contributed by atoms with Crippen molar-refractivity contribution >= 4 is 22.1 Å². The van der Waals surface area contributed by atoms with Crippen molar-refractivity contribution in [2.24, 2.45) is 5.92 Å². The Kier molecular flexibility index (Phi) is 4.80. The van der Waals surface area contributed by atoms with Crippen LogP contribution in [0.25, 0.3) is 0 Å². The van der Waals surface area contributed by atoms with Gasteiger partial charge in [-0.2, -0.15) is 4.55 Å². The summed E-state index contributed by atoms with van der Waals surface area (Å²) in [6.07, 6.45) is 7.07. The molecule has 3 unspecified atom stereocenters. The zero-order valence-corrected chi connectivity index (χ0v) is 18.7. The van der Waals surface area contributed by atoms with Gasteiger partial charge in [0, 0.05) is 23.7 Å². The number of nitrogens with one attached hydrogen (secondary N) is 2. The largest absolute Gasteiger partial charge is 0.418 e. The highest BCUT2D eigenvalue weighted by Gasteiger charge is 2.43. The number of urea groups is 1. The first kappa shape index (κ1) is 20.7. The van der Waals surface area contributed by atoms with Crippen molar-refractivity contribution in [2.75, 3.05) is 5.32 Å². The molecule has 1 heterocycles. The van der Waals surface area contributed by atoms with E-state index >= 15 is 0 Å². The minimum absolute atomic E-state index is 0.190. The van der Waals surface area contributed by atoms with E-state index < -0.39 is 22.0 Å². The Morgan fingerprint density at radius 3 is 2.45 bits per heavy atom. The molecule has 1 aromatic heterocycles. The van der Waals surface area contributed by atoms with Crippen LogP contribution in [0.3, 0.4) is 0 Å². The molecule has 3 aliphatic rings. The lowest BCUT2D eigenvalue weighted by atomic mass is 9.79. The molecule has 4 N–H and O–H groups in total. The highest BCUT2D eigenvalue weighted by molar-refractivity contribution is 7.96. The number of aliphatic hydroxyl groups is 1. The molecule has 0 radical (unpaired) electrons. The average Bonchev–Trinajstić information content (AvgIpc) is 3.38. The van der Waals surface area contributed by atoms with Gasteiger partial charge in [0.2, 0.25) is 0 Å². The Morgan fingerprint density at radius 2 is 1.81 bits per heavy atom. The maximum absolute atomic E-state index is 13.0. The van der Waals surface area contributed by atoms with E-state index in [4.69, 9.17) is 4.42 Å². The summed E-state index contributed by atoms with van der Waals surface area (Å²) < 4.78 is 31.4. The Labute approximate surface area is 183 Å². The molecule has 31 heavy (non-hydrogen) atoms. The van der Waals surface area contributed by atoms with E-state index in [1.807, 2.05) is 6.92 Å². The van der Waals surface area contributed by atoms with Gasteiger partial charge in [0.1, 0.15) is 5.76 Å². The fraction of sp³-hybridized carbons (Fsp3) is 0.522. The molecule has 3 atom stereocenters. The molecule has 3 aliphatic carbocycles. The zero-order valence-electron chi connectivity index (χ0n) is 17.9. The first-order chi connectivity index (χ1) is 14.6. The van der Waals surface area contributed by atoms with E-state index in [-0.39, 0.29) is 11.0 Å². The van der Waals surface area contributed by atoms with Gasteiger partial charge in [-0.15, -0.1) is 4.72 Å². The maximum atomic E-state index is 13.0. The van der Waals surface area contributed by atoms with Crippen molar-refractivity contribution in [2.45, 2.75) is 75.9 Å². The van der Waals surface area contributed by atoms with Crippen LogP contribution >= 0.6 is 0 Å². The number of carbonyl (C=O) groups excluding carboxylic acids is 1. The van der Waals surface area contributed by atoms with Crippen LogP contribution in [0.1, 0.15) is 66.7 Å². The number of furan rings is 1. The van der Waals surface area contributed by atoms with Crippen LogP contribution in [0.5, 0.6) is 0 Å². The van der Waals surface area contributed by atoms with Crippen LogP contribution in [0, 0.1) is 5.92 Å². The molecular formula is C23H29N2O5S+. The molecular weight excluding hydrogens is 416 g/mol. The SMILES string of the molecule is CC1Cc2oc([S+](=O)(O)NC(=O)Nc3c4c(cc5c3CCC5)CCC4)cc2C(C)(O)C1. The van der Waals surface area contributed by atoms with Gasteiger partial charge in [-0.25, -0.2) is 4.79 Å². The number of carbonyl (C=O) groups is 1. The van der Waals surface area contributed by atoms with Crippen LogP contribution in [-0.2, 0) is 52.3 Å². The highest BCUT2D eigenvalue weighted by Crippen LogP contribution is 2.41. The topological polar surface area (TPSA) is 112 Å². The predicted octanol–water partition coefficient (Wildman–Crippen LogP) is 4.11. The minimum atomic E-state index is -3.96. The quantitative estimate of drug-likeness (QED) is 0.531. The minimum Gasteiger partial charge on any atom is -0.418 e. The molecule has 166 valence electrons. The first-order valence-electron chi connectivity index (χ1n) is 11.0. The van der Waals surface area contributed by atoms with E-state index in [1.165, 1.54) is 17.2 Å². The summed E-state index contributed by atoms with van der Waals surface area (Å²) in [7, 11) is -3.96. The number of rotatable bonds is 3. The van der Waals surface area contributed by atoms with Gasteiger partial charge in [0.05, 0.1) is 5.60 Å². The molecule has 0 bridgehead atoms. The Morgan fingerprint density at radius 1 is 1.16 bits per heavy atom. The lowest BCUT2D eigenvalue weighted by molar-refractivity contribution is 0.0203. The molecule has 0 saturated heterocycles. The average molecular weight is 446 g/mol. The van der Waals surface area contributed by atoms with E-state index in [0.29, 0.717) is 24.2 Å². The molecule has 2 aromatic rings. The number of anilines is 1. The number of benzene rings is 1. The summed E-state index contributed by atoms with van der Waals surface area (Å²) in [6, 6.07) is 2.95. The number of aryl methyl sites for hydroxylation is 2. The smallest absolute Gasteiger partial charge is 0.387 e. The van der Waals surface area contributed by atoms with Gasteiger partial charge in [-0.3, -0.25) is 0 Å². The second-order valence-electron chi connectivity index (χ2n) is 9.51. The molecule has 0 fully saturated rings. The summed E-state index contributed by atoms with van der Waals surface area (Å²) in [5.41, 5.74) is 5.05. The van der Waals surface area contributed by atoms with Crippen molar-refractivity contribution in [1.29, 1.82) is 0 Å². The fourth-order valence-corrected chi connectivity index (χ4v) is 6.50. The van der Waals surface area contributed by atoms with Crippen molar-refractivity contribution in [1.82, 2.24) is 4.72 Å². The van der Waals surface area contributed by atoms with Gasteiger partial charge < -0.3 is 14.8 Å². The summed E-state index contributed by atoms with van der Waals surface area (Å²) in [5, 5.41) is 13.3. The summed E-state index contributed by atoms with van der Waals surface area (Å²) in [5.74, 6) is 0.691. The van der Waals surface area contributed by atoms with Crippen LogP contribution in [0.2, 0.25) is 0 Å². The summed E-state index contributed by atoms with van der Waals surface area (Å²) in [6.45, 7) is 3.68. The van der Waals surface area contributed by atoms with Crippen molar-refractivity contribution in [3.63, 3.8) is 0 Å². The second kappa shape index (κ2) is 7.18. The van der Waals surface area contributed by atoms with Crippen molar-refractivity contribution in [3.05, 3.63) is 45.7 Å². The molecule has 0 saturated carbocycles. The standard InChI is InChI=1S/C23H28N2O5S/c1-13-9-19-18(23(2,27)12-13)11-20(30-19)31(28,29)25-22(26)24-21-16-7-3-5-14(16)10-15-6-4-8-17(15)21/h10-11,13,27H,3-9,12H2,1-2H3,(H2-,24,25,26,28,29)/p+1. The zero-order chi connectivity index (χ0) is 22.0.